The van der Waals surface area contributed by atoms with E-state index in [0.717, 1.165) is 0 Å². The van der Waals surface area contributed by atoms with Crippen molar-refractivity contribution in [3.63, 3.8) is 0 Å². The van der Waals surface area contributed by atoms with Crippen LogP contribution < -0.4 is 15.4 Å². The molecule has 0 saturated carbocycles. The van der Waals surface area contributed by atoms with Crippen LogP contribution in [-0.2, 0) is 9.53 Å². The molecule has 1 aromatic rings. The van der Waals surface area contributed by atoms with Gasteiger partial charge < -0.3 is 25.2 Å². The molecular weight excluding hydrogens is 370 g/mol. The molecule has 10 nitrogen and oxygen atoms in total. The van der Waals surface area contributed by atoms with Gasteiger partial charge in [0.1, 0.15) is 0 Å². The van der Waals surface area contributed by atoms with Crippen molar-refractivity contribution in [1.29, 1.82) is 0 Å². The molecule has 0 unspecified atom stereocenters. The summed E-state index contributed by atoms with van der Waals surface area (Å²) in [6.45, 7) is 5.31. The van der Waals surface area contributed by atoms with Crippen LogP contribution in [-0.4, -0.2) is 35.2 Å². The van der Waals surface area contributed by atoms with Crippen LogP contribution in [0.5, 0.6) is 11.5 Å². The Balaban J connectivity index is 2.73. The summed E-state index contributed by atoms with van der Waals surface area (Å²) in [5.41, 5.74) is -0.0842. The van der Waals surface area contributed by atoms with Crippen LogP contribution in [0.3, 0.4) is 0 Å². The molecule has 0 bridgehead atoms. The Morgan fingerprint density at radius 3 is 2.57 bits per heavy atom. The van der Waals surface area contributed by atoms with Gasteiger partial charge in [-0.15, -0.1) is 0 Å². The second-order valence-corrected chi connectivity index (χ2v) is 5.94. The van der Waals surface area contributed by atoms with Gasteiger partial charge in [-0.1, -0.05) is 13.3 Å². The SMILES string of the molecule is CCCC1=C(C(=O)OCC)[C@H](c2ccc(O)c(OCC)c2[N+](=O)[O-])NC(=O)N1. The minimum Gasteiger partial charge on any atom is -0.504 e. The van der Waals surface area contributed by atoms with E-state index in [0.29, 0.717) is 18.5 Å². The molecule has 0 radical (unpaired) electrons. The number of esters is 1. The molecule has 1 heterocycles. The number of carbonyl (C=O) groups excluding carboxylic acids is 2. The van der Waals surface area contributed by atoms with E-state index in [9.17, 15) is 24.8 Å². The number of phenolic OH excluding ortho intramolecular Hbond substituents is 1. The number of allylic oxidation sites excluding steroid dienone is 1. The van der Waals surface area contributed by atoms with Crippen molar-refractivity contribution >= 4 is 17.7 Å². The van der Waals surface area contributed by atoms with Crippen LogP contribution >= 0.6 is 0 Å². The number of hydrogen-bond acceptors (Lipinski definition) is 7. The maximum atomic E-state index is 12.6. The predicted octanol–water partition coefficient (Wildman–Crippen LogP) is 2.67. The molecule has 0 aromatic heterocycles. The lowest BCUT2D eigenvalue weighted by Gasteiger charge is -2.29. The lowest BCUT2D eigenvalue weighted by Crippen LogP contribution is -2.46. The number of nitro groups is 1. The van der Waals surface area contributed by atoms with Crippen LogP contribution in [0.1, 0.15) is 45.2 Å². The van der Waals surface area contributed by atoms with Gasteiger partial charge in [0, 0.05) is 5.70 Å². The molecule has 1 aliphatic rings. The lowest BCUT2D eigenvalue weighted by molar-refractivity contribution is -0.386. The molecule has 1 atom stereocenters. The average Bonchev–Trinajstić information content (AvgIpc) is 2.63. The number of phenols is 1. The van der Waals surface area contributed by atoms with Crippen molar-refractivity contribution in [3.8, 4) is 11.5 Å². The van der Waals surface area contributed by atoms with E-state index in [1.54, 1.807) is 13.8 Å². The number of nitrogens with zero attached hydrogens (tertiary/aromatic N) is 1. The molecule has 3 N–H and O–H groups in total. The number of nitro benzene ring substituents is 1. The van der Waals surface area contributed by atoms with E-state index in [-0.39, 0.29) is 30.1 Å². The fraction of sp³-hybridized carbons (Fsp3) is 0.444. The van der Waals surface area contributed by atoms with Crippen LogP contribution in [0.4, 0.5) is 10.5 Å². The van der Waals surface area contributed by atoms with Gasteiger partial charge in [-0.3, -0.25) is 10.1 Å². The summed E-state index contributed by atoms with van der Waals surface area (Å²) in [7, 11) is 0. The average molecular weight is 393 g/mol. The highest BCUT2D eigenvalue weighted by Gasteiger charge is 2.39. The molecule has 28 heavy (non-hydrogen) atoms. The number of carbonyl (C=O) groups is 2. The van der Waals surface area contributed by atoms with Crippen molar-refractivity contribution in [2.24, 2.45) is 0 Å². The van der Waals surface area contributed by atoms with E-state index in [1.165, 1.54) is 12.1 Å². The first-order valence-corrected chi connectivity index (χ1v) is 8.96. The van der Waals surface area contributed by atoms with Crippen LogP contribution in [0, 0.1) is 10.1 Å². The summed E-state index contributed by atoms with van der Waals surface area (Å²) < 4.78 is 10.4. The zero-order valence-electron chi connectivity index (χ0n) is 15.9. The Hall–Kier alpha value is -3.30. The summed E-state index contributed by atoms with van der Waals surface area (Å²) in [5, 5.41) is 26.9. The first kappa shape index (κ1) is 21.0. The molecule has 1 aliphatic heterocycles. The van der Waals surface area contributed by atoms with E-state index in [1.807, 2.05) is 6.92 Å². The number of amides is 2. The van der Waals surface area contributed by atoms with Crippen molar-refractivity contribution in [2.45, 2.75) is 39.7 Å². The van der Waals surface area contributed by atoms with Crippen LogP contribution in [0.15, 0.2) is 23.4 Å². The molecule has 2 amide bonds. The van der Waals surface area contributed by atoms with Gasteiger partial charge in [-0.05, 0) is 32.4 Å². The largest absolute Gasteiger partial charge is 0.504 e. The number of urea groups is 1. The van der Waals surface area contributed by atoms with E-state index >= 15 is 0 Å². The van der Waals surface area contributed by atoms with Gasteiger partial charge >= 0.3 is 17.7 Å². The molecule has 1 aromatic carbocycles. The third-order valence-electron chi connectivity index (χ3n) is 4.07. The second kappa shape index (κ2) is 9.07. The third kappa shape index (κ3) is 4.16. The maximum absolute atomic E-state index is 12.6. The first-order chi connectivity index (χ1) is 13.3. The smallest absolute Gasteiger partial charge is 0.338 e. The molecule has 0 saturated heterocycles. The summed E-state index contributed by atoms with van der Waals surface area (Å²) in [4.78, 5) is 35.8. The fourth-order valence-corrected chi connectivity index (χ4v) is 3.03. The van der Waals surface area contributed by atoms with Crippen molar-refractivity contribution < 1.29 is 29.1 Å². The number of ether oxygens (including phenoxy) is 2. The van der Waals surface area contributed by atoms with Crippen molar-refractivity contribution in [1.82, 2.24) is 10.6 Å². The van der Waals surface area contributed by atoms with Crippen LogP contribution in [0.25, 0.3) is 0 Å². The minimum absolute atomic E-state index is 0.0118. The molecule has 10 heteroatoms. The predicted molar refractivity (Wildman–Crippen MR) is 98.9 cm³/mol. The van der Waals surface area contributed by atoms with E-state index in [2.05, 4.69) is 10.6 Å². The number of nitrogens with one attached hydrogen (secondary N) is 2. The highest BCUT2D eigenvalue weighted by Crippen LogP contribution is 2.44. The molecule has 0 aliphatic carbocycles. The number of benzene rings is 1. The van der Waals surface area contributed by atoms with Gasteiger partial charge in [0.25, 0.3) is 0 Å². The van der Waals surface area contributed by atoms with Crippen molar-refractivity contribution in [2.75, 3.05) is 13.2 Å². The quantitative estimate of drug-likeness (QED) is 0.350. The Morgan fingerprint density at radius 1 is 1.29 bits per heavy atom. The van der Waals surface area contributed by atoms with E-state index < -0.39 is 34.4 Å². The standard InChI is InChI=1S/C18H23N3O7/c1-4-7-11-13(17(23)28-6-3)14(20-18(24)19-11)10-8-9-12(22)16(27-5-2)15(10)21(25)26/h8-9,14,22H,4-7H2,1-3H3,(H2,19,20,24)/t14-/m0/s1. The topological polar surface area (TPSA) is 140 Å². The number of rotatable bonds is 8. The van der Waals surface area contributed by atoms with Crippen molar-refractivity contribution in [3.05, 3.63) is 39.1 Å². The normalized spacial score (nSPS) is 16.2. The molecule has 0 fully saturated rings. The Bertz CT molecular complexity index is 820. The molecule has 152 valence electrons. The minimum atomic E-state index is -1.13. The zero-order valence-corrected chi connectivity index (χ0v) is 15.9. The Labute approximate surface area is 161 Å². The summed E-state index contributed by atoms with van der Waals surface area (Å²) in [6, 6.07) is 0.787. The summed E-state index contributed by atoms with van der Waals surface area (Å²) in [5.74, 6) is -1.42. The van der Waals surface area contributed by atoms with Gasteiger partial charge in [-0.2, -0.15) is 0 Å². The number of aromatic hydroxyl groups is 1. The van der Waals surface area contributed by atoms with Gasteiger partial charge in [0.05, 0.1) is 35.3 Å². The third-order valence-corrected chi connectivity index (χ3v) is 4.07. The maximum Gasteiger partial charge on any atom is 0.338 e. The Morgan fingerprint density at radius 2 is 2.00 bits per heavy atom. The number of hydrogen-bond donors (Lipinski definition) is 3. The monoisotopic (exact) mass is 393 g/mol. The fourth-order valence-electron chi connectivity index (χ4n) is 3.03. The highest BCUT2D eigenvalue weighted by molar-refractivity contribution is 5.95. The highest BCUT2D eigenvalue weighted by atomic mass is 16.6. The molecule has 0 spiro atoms. The van der Waals surface area contributed by atoms with Gasteiger partial charge in [0.15, 0.2) is 5.75 Å². The van der Waals surface area contributed by atoms with Gasteiger partial charge in [-0.25, -0.2) is 9.59 Å². The van der Waals surface area contributed by atoms with Crippen LogP contribution in [0.2, 0.25) is 0 Å². The molecule has 2 rings (SSSR count). The lowest BCUT2D eigenvalue weighted by atomic mass is 9.92. The molecular formula is C18H23N3O7. The second-order valence-electron chi connectivity index (χ2n) is 5.94. The van der Waals surface area contributed by atoms with E-state index in [4.69, 9.17) is 9.47 Å². The summed E-state index contributed by atoms with van der Waals surface area (Å²) >= 11 is 0. The summed E-state index contributed by atoms with van der Waals surface area (Å²) in [6.07, 6.45) is 1.01. The zero-order chi connectivity index (χ0) is 20.8. The Kier molecular flexibility index (Phi) is 6.80. The first-order valence-electron chi connectivity index (χ1n) is 8.96. The van der Waals surface area contributed by atoms with Gasteiger partial charge in [0.2, 0.25) is 5.75 Å².